The average molecular weight is 288 g/mol. The summed E-state index contributed by atoms with van der Waals surface area (Å²) in [7, 11) is -3.83. The molecule has 0 aliphatic rings. The number of hydrogen-bond donors (Lipinski definition) is 1. The van der Waals surface area contributed by atoms with Crippen molar-refractivity contribution in [3.8, 4) is 5.75 Å². The van der Waals surface area contributed by atoms with Crippen molar-refractivity contribution in [2.24, 2.45) is 0 Å². The molecule has 0 radical (unpaired) electrons. The van der Waals surface area contributed by atoms with E-state index in [1.807, 2.05) is 6.92 Å². The first kappa shape index (κ1) is 15.9. The van der Waals surface area contributed by atoms with Crippen LogP contribution in [0, 0.1) is 6.92 Å². The van der Waals surface area contributed by atoms with Gasteiger partial charge in [0.25, 0.3) is 0 Å². The molecule has 0 fully saturated rings. The topological polar surface area (TPSA) is 72.8 Å². The maximum Gasteiger partial charge on any atom is 0.300 e. The fraction of sp³-hybridized carbons (Fsp3) is 0.538. The minimum absolute atomic E-state index is 0.00883. The normalized spacial score (nSPS) is 12.5. The quantitative estimate of drug-likeness (QED) is 0.809. The van der Waals surface area contributed by atoms with Gasteiger partial charge in [0.15, 0.2) is 0 Å². The van der Waals surface area contributed by atoms with Gasteiger partial charge in [0.1, 0.15) is 17.3 Å². The van der Waals surface area contributed by atoms with Crippen LogP contribution in [0.3, 0.4) is 0 Å². The van der Waals surface area contributed by atoms with E-state index in [0.717, 1.165) is 5.56 Å². The molecular weight excluding hydrogens is 268 g/mol. The monoisotopic (exact) mass is 288 g/mol. The highest BCUT2D eigenvalue weighted by atomic mass is 32.2. The van der Waals surface area contributed by atoms with E-state index in [1.165, 1.54) is 6.07 Å². The van der Waals surface area contributed by atoms with Gasteiger partial charge < -0.3 is 9.84 Å². The summed E-state index contributed by atoms with van der Waals surface area (Å²) in [5.74, 6) is 0.190. The van der Waals surface area contributed by atoms with Crippen LogP contribution in [0.5, 0.6) is 5.75 Å². The first-order valence-corrected chi connectivity index (χ1v) is 7.42. The Labute approximate surface area is 114 Å². The first-order chi connectivity index (χ1) is 8.65. The second-order valence-corrected chi connectivity index (χ2v) is 6.50. The van der Waals surface area contributed by atoms with Crippen molar-refractivity contribution in [1.29, 1.82) is 0 Å². The van der Waals surface area contributed by atoms with E-state index >= 15 is 0 Å². The van der Waals surface area contributed by atoms with Crippen LogP contribution in [-0.4, -0.2) is 32.3 Å². The van der Waals surface area contributed by atoms with Crippen LogP contribution in [0.4, 0.5) is 0 Å². The average Bonchev–Trinajstić information content (AvgIpc) is 2.25. The standard InChI is InChI=1S/C13H20O5S/c1-5-18-19(15,16)12-7-6-10(2)8-11(12)17-9-13(3,4)14/h6-8,14H,5,9H2,1-4H3. The van der Waals surface area contributed by atoms with Crippen molar-refractivity contribution in [1.82, 2.24) is 0 Å². The molecule has 0 saturated heterocycles. The minimum atomic E-state index is -3.83. The predicted molar refractivity (Wildman–Crippen MR) is 71.8 cm³/mol. The molecule has 1 aromatic carbocycles. The molecule has 1 N–H and O–H groups in total. The summed E-state index contributed by atoms with van der Waals surface area (Å²) in [5, 5.41) is 9.64. The van der Waals surface area contributed by atoms with Gasteiger partial charge in [-0.15, -0.1) is 0 Å². The number of aryl methyl sites for hydroxylation is 1. The molecular formula is C13H20O5S. The van der Waals surface area contributed by atoms with Crippen LogP contribution in [0.25, 0.3) is 0 Å². The van der Waals surface area contributed by atoms with Gasteiger partial charge in [-0.1, -0.05) is 6.07 Å². The highest BCUT2D eigenvalue weighted by Gasteiger charge is 2.22. The summed E-state index contributed by atoms with van der Waals surface area (Å²) in [6.45, 7) is 6.64. The fourth-order valence-corrected chi connectivity index (χ4v) is 2.44. The predicted octanol–water partition coefficient (Wildman–Crippen LogP) is 1.87. The zero-order valence-electron chi connectivity index (χ0n) is 11.6. The van der Waals surface area contributed by atoms with E-state index in [0.29, 0.717) is 0 Å². The summed E-state index contributed by atoms with van der Waals surface area (Å²) in [4.78, 5) is -0.0239. The second-order valence-electron chi connectivity index (χ2n) is 4.91. The van der Waals surface area contributed by atoms with Crippen molar-refractivity contribution in [2.75, 3.05) is 13.2 Å². The molecule has 0 spiro atoms. The number of rotatable bonds is 6. The molecule has 0 heterocycles. The molecule has 0 amide bonds. The number of hydrogen-bond acceptors (Lipinski definition) is 5. The Bertz CT molecular complexity index is 528. The molecule has 5 nitrogen and oxygen atoms in total. The molecule has 0 aromatic heterocycles. The number of benzene rings is 1. The van der Waals surface area contributed by atoms with Crippen molar-refractivity contribution >= 4 is 10.1 Å². The zero-order chi connectivity index (χ0) is 14.7. The second kappa shape index (κ2) is 5.90. The summed E-state index contributed by atoms with van der Waals surface area (Å²) >= 11 is 0. The van der Waals surface area contributed by atoms with Gasteiger partial charge in [0.2, 0.25) is 0 Å². The van der Waals surface area contributed by atoms with E-state index in [-0.39, 0.29) is 23.9 Å². The van der Waals surface area contributed by atoms with Crippen LogP contribution in [0.2, 0.25) is 0 Å². The van der Waals surface area contributed by atoms with Gasteiger partial charge in [-0.3, -0.25) is 4.18 Å². The Morgan fingerprint density at radius 1 is 1.32 bits per heavy atom. The fourth-order valence-electron chi connectivity index (χ4n) is 1.41. The van der Waals surface area contributed by atoms with Crippen molar-refractivity contribution < 1.29 is 22.4 Å². The van der Waals surface area contributed by atoms with Gasteiger partial charge in [0.05, 0.1) is 12.2 Å². The third-order valence-corrected chi connectivity index (χ3v) is 3.64. The maximum absolute atomic E-state index is 11.9. The van der Waals surface area contributed by atoms with Gasteiger partial charge >= 0.3 is 10.1 Å². The van der Waals surface area contributed by atoms with Crippen molar-refractivity contribution in [3.63, 3.8) is 0 Å². The van der Waals surface area contributed by atoms with E-state index in [1.54, 1.807) is 32.9 Å². The number of aliphatic hydroxyl groups is 1. The molecule has 0 atom stereocenters. The van der Waals surface area contributed by atoms with Gasteiger partial charge in [-0.05, 0) is 45.4 Å². The van der Waals surface area contributed by atoms with E-state index < -0.39 is 15.7 Å². The van der Waals surface area contributed by atoms with Crippen LogP contribution >= 0.6 is 0 Å². The Hall–Kier alpha value is -1.11. The Morgan fingerprint density at radius 3 is 2.47 bits per heavy atom. The summed E-state index contributed by atoms with van der Waals surface area (Å²) in [6.07, 6.45) is 0. The van der Waals surface area contributed by atoms with Crippen LogP contribution < -0.4 is 4.74 Å². The Morgan fingerprint density at radius 2 is 1.95 bits per heavy atom. The first-order valence-electron chi connectivity index (χ1n) is 6.01. The lowest BCUT2D eigenvalue weighted by molar-refractivity contribution is 0.0273. The maximum atomic E-state index is 11.9. The van der Waals surface area contributed by atoms with E-state index in [2.05, 4.69) is 0 Å². The van der Waals surface area contributed by atoms with Gasteiger partial charge in [-0.2, -0.15) is 8.42 Å². The molecule has 0 unspecified atom stereocenters. The highest BCUT2D eigenvalue weighted by Crippen LogP contribution is 2.27. The molecule has 0 bridgehead atoms. The Balaban J connectivity index is 3.12. The molecule has 6 heteroatoms. The zero-order valence-corrected chi connectivity index (χ0v) is 12.5. The molecule has 0 saturated carbocycles. The summed E-state index contributed by atoms with van der Waals surface area (Å²) in [6, 6.07) is 4.72. The lowest BCUT2D eigenvalue weighted by Gasteiger charge is -2.19. The largest absolute Gasteiger partial charge is 0.489 e. The van der Waals surface area contributed by atoms with Crippen LogP contribution in [0.1, 0.15) is 26.3 Å². The van der Waals surface area contributed by atoms with Crippen LogP contribution in [-0.2, 0) is 14.3 Å². The minimum Gasteiger partial charge on any atom is -0.489 e. The van der Waals surface area contributed by atoms with E-state index in [9.17, 15) is 13.5 Å². The smallest absolute Gasteiger partial charge is 0.300 e. The van der Waals surface area contributed by atoms with E-state index in [4.69, 9.17) is 8.92 Å². The third kappa shape index (κ3) is 4.81. The highest BCUT2D eigenvalue weighted by molar-refractivity contribution is 7.86. The summed E-state index contributed by atoms with van der Waals surface area (Å²) < 4.78 is 34.0. The third-order valence-electron chi connectivity index (χ3n) is 2.22. The lowest BCUT2D eigenvalue weighted by atomic mass is 10.1. The molecule has 1 aromatic rings. The molecule has 108 valence electrons. The number of ether oxygens (including phenoxy) is 1. The Kier molecular flexibility index (Phi) is 4.95. The molecule has 0 aliphatic heterocycles. The van der Waals surface area contributed by atoms with Crippen molar-refractivity contribution in [2.45, 2.75) is 38.2 Å². The van der Waals surface area contributed by atoms with Crippen LogP contribution in [0.15, 0.2) is 23.1 Å². The SMILES string of the molecule is CCOS(=O)(=O)c1ccc(C)cc1OCC(C)(C)O. The van der Waals surface area contributed by atoms with Gasteiger partial charge in [-0.25, -0.2) is 0 Å². The molecule has 19 heavy (non-hydrogen) atoms. The molecule has 1 rings (SSSR count). The van der Waals surface area contributed by atoms with Gasteiger partial charge in [0, 0.05) is 0 Å². The lowest BCUT2D eigenvalue weighted by Crippen LogP contribution is -2.28. The van der Waals surface area contributed by atoms with Crippen molar-refractivity contribution in [3.05, 3.63) is 23.8 Å². The molecule has 0 aliphatic carbocycles. The summed E-state index contributed by atoms with van der Waals surface area (Å²) in [5.41, 5.74) is -0.183.